The molecule has 1 aliphatic rings. The smallest absolute Gasteiger partial charge is 0.206 e. The highest BCUT2D eigenvalue weighted by Crippen LogP contribution is 2.34. The number of rotatable bonds is 4. The van der Waals surface area contributed by atoms with Crippen LogP contribution in [0.25, 0.3) is 0 Å². The minimum Gasteiger partial charge on any atom is -0.493 e. The van der Waals surface area contributed by atoms with Gasteiger partial charge in [-0.3, -0.25) is 4.79 Å². The number of carbonyl (C=O) groups excluding carboxylic acids is 1. The van der Waals surface area contributed by atoms with Gasteiger partial charge in [-0.2, -0.15) is 0 Å². The van der Waals surface area contributed by atoms with Gasteiger partial charge in [-0.15, -0.1) is 11.3 Å². The van der Waals surface area contributed by atoms with Gasteiger partial charge in [0.15, 0.2) is 11.5 Å². The lowest BCUT2D eigenvalue weighted by Crippen LogP contribution is -2.04. The molecule has 0 atom stereocenters. The molecule has 110 valence electrons. The van der Waals surface area contributed by atoms with Gasteiger partial charge in [-0.05, 0) is 37.0 Å². The fraction of sp³-hybridized carbons (Fsp3) is 0.312. The predicted octanol–water partition coefficient (Wildman–Crippen LogP) is 3.62. The van der Waals surface area contributed by atoms with Gasteiger partial charge in [-0.25, -0.2) is 4.39 Å². The fourth-order valence-corrected chi connectivity index (χ4v) is 3.81. The van der Waals surface area contributed by atoms with Gasteiger partial charge in [0.1, 0.15) is 5.82 Å². The second-order valence-electron chi connectivity index (χ2n) is 4.93. The molecule has 0 unspecified atom stereocenters. The summed E-state index contributed by atoms with van der Waals surface area (Å²) >= 11 is 1.47. The molecular formula is C16H15FO3S. The zero-order valence-electron chi connectivity index (χ0n) is 11.9. The van der Waals surface area contributed by atoms with Crippen molar-refractivity contribution in [1.29, 1.82) is 0 Å². The Kier molecular flexibility index (Phi) is 3.68. The van der Waals surface area contributed by atoms with Crippen molar-refractivity contribution in [2.75, 3.05) is 14.2 Å². The molecule has 0 fully saturated rings. The third kappa shape index (κ3) is 2.42. The van der Waals surface area contributed by atoms with E-state index in [4.69, 9.17) is 9.47 Å². The summed E-state index contributed by atoms with van der Waals surface area (Å²) in [5.41, 5.74) is 1.25. The first-order chi connectivity index (χ1) is 10.1. The maximum absolute atomic E-state index is 14.1. The quantitative estimate of drug-likeness (QED) is 0.809. The molecule has 3 rings (SSSR count). The molecule has 5 heteroatoms. The second kappa shape index (κ2) is 5.48. The van der Waals surface area contributed by atoms with E-state index >= 15 is 0 Å². The standard InChI is InChI=1S/C16H15FO3S/c1-19-12-7-10(11(17)8-13(12)20-2)16(18)15-6-9-4-3-5-14(9)21-15/h6-8H,3-5H2,1-2H3. The number of ketones is 1. The highest BCUT2D eigenvalue weighted by molar-refractivity contribution is 7.14. The van der Waals surface area contributed by atoms with Gasteiger partial charge in [0.2, 0.25) is 5.78 Å². The normalized spacial score (nSPS) is 13.1. The number of aryl methyl sites for hydroxylation is 2. The first kappa shape index (κ1) is 14.1. The Morgan fingerprint density at radius 1 is 1.14 bits per heavy atom. The van der Waals surface area contributed by atoms with E-state index in [0.717, 1.165) is 19.3 Å². The summed E-state index contributed by atoms with van der Waals surface area (Å²) in [6.07, 6.45) is 3.16. The van der Waals surface area contributed by atoms with E-state index in [2.05, 4.69) is 0 Å². The maximum Gasteiger partial charge on any atom is 0.206 e. The van der Waals surface area contributed by atoms with E-state index in [1.165, 1.54) is 48.1 Å². The second-order valence-corrected chi connectivity index (χ2v) is 6.07. The van der Waals surface area contributed by atoms with Crippen LogP contribution in [0.1, 0.15) is 32.1 Å². The minimum atomic E-state index is -0.591. The Bertz CT molecular complexity index is 684. The number of thiophene rings is 1. The Hall–Kier alpha value is -1.88. The monoisotopic (exact) mass is 306 g/mol. The lowest BCUT2D eigenvalue weighted by molar-refractivity contribution is 0.103. The van der Waals surface area contributed by atoms with E-state index in [1.54, 1.807) is 0 Å². The summed E-state index contributed by atoms with van der Waals surface area (Å²) in [6, 6.07) is 4.49. The van der Waals surface area contributed by atoms with Crippen molar-refractivity contribution in [2.45, 2.75) is 19.3 Å². The molecule has 3 nitrogen and oxygen atoms in total. The van der Waals surface area contributed by atoms with Crippen molar-refractivity contribution < 1.29 is 18.7 Å². The molecule has 21 heavy (non-hydrogen) atoms. The van der Waals surface area contributed by atoms with E-state index < -0.39 is 5.82 Å². The van der Waals surface area contributed by atoms with Crippen LogP contribution in [-0.2, 0) is 12.8 Å². The van der Waals surface area contributed by atoms with Crippen molar-refractivity contribution in [3.8, 4) is 11.5 Å². The van der Waals surface area contributed by atoms with Crippen LogP contribution in [0.15, 0.2) is 18.2 Å². The minimum absolute atomic E-state index is 0.0209. The Morgan fingerprint density at radius 2 is 1.86 bits per heavy atom. The van der Waals surface area contributed by atoms with Gasteiger partial charge in [0.25, 0.3) is 0 Å². The molecule has 1 aromatic carbocycles. The molecule has 0 N–H and O–H groups in total. The maximum atomic E-state index is 14.1. The zero-order chi connectivity index (χ0) is 15.0. The molecule has 1 aromatic heterocycles. The summed E-state index contributed by atoms with van der Waals surface area (Å²) in [7, 11) is 2.90. The van der Waals surface area contributed by atoms with Crippen LogP contribution in [0, 0.1) is 5.82 Å². The fourth-order valence-electron chi connectivity index (χ4n) is 2.60. The molecule has 0 bridgehead atoms. The number of ether oxygens (including phenoxy) is 2. The Morgan fingerprint density at radius 3 is 2.52 bits per heavy atom. The van der Waals surface area contributed by atoms with Crippen LogP contribution >= 0.6 is 11.3 Å². The first-order valence-corrected chi connectivity index (χ1v) is 7.53. The predicted molar refractivity (Wildman–Crippen MR) is 79.3 cm³/mol. The molecular weight excluding hydrogens is 291 g/mol. The zero-order valence-corrected chi connectivity index (χ0v) is 12.7. The van der Waals surface area contributed by atoms with E-state index in [-0.39, 0.29) is 17.1 Å². The van der Waals surface area contributed by atoms with Gasteiger partial charge in [0, 0.05) is 10.9 Å². The first-order valence-electron chi connectivity index (χ1n) is 6.72. The number of fused-ring (bicyclic) bond motifs is 1. The summed E-state index contributed by atoms with van der Waals surface area (Å²) in [4.78, 5) is 14.4. The third-order valence-electron chi connectivity index (χ3n) is 3.69. The average Bonchev–Trinajstić information content (AvgIpc) is 3.07. The third-order valence-corrected chi connectivity index (χ3v) is 4.92. The molecule has 2 aromatic rings. The van der Waals surface area contributed by atoms with Crippen molar-refractivity contribution in [3.63, 3.8) is 0 Å². The number of methoxy groups -OCH3 is 2. The summed E-state index contributed by atoms with van der Waals surface area (Å²) in [6.45, 7) is 0. The number of halogens is 1. The Balaban J connectivity index is 2.00. The van der Waals surface area contributed by atoms with Crippen LogP contribution in [0.4, 0.5) is 4.39 Å². The average molecular weight is 306 g/mol. The van der Waals surface area contributed by atoms with Gasteiger partial charge < -0.3 is 9.47 Å². The highest BCUT2D eigenvalue weighted by Gasteiger charge is 2.23. The molecule has 0 radical (unpaired) electrons. The van der Waals surface area contributed by atoms with Gasteiger partial charge >= 0.3 is 0 Å². The topological polar surface area (TPSA) is 35.5 Å². The SMILES string of the molecule is COc1cc(F)c(C(=O)c2cc3c(s2)CCC3)cc1OC. The van der Waals surface area contributed by atoms with E-state index in [1.807, 2.05) is 6.07 Å². The van der Waals surface area contributed by atoms with Gasteiger partial charge in [0.05, 0.1) is 24.7 Å². The van der Waals surface area contributed by atoms with Crippen molar-refractivity contribution in [3.05, 3.63) is 44.9 Å². The Labute approximate surface area is 126 Å². The van der Waals surface area contributed by atoms with Crippen molar-refractivity contribution in [1.82, 2.24) is 0 Å². The van der Waals surface area contributed by atoms with Crippen molar-refractivity contribution >= 4 is 17.1 Å². The van der Waals surface area contributed by atoms with E-state index in [0.29, 0.717) is 10.6 Å². The molecule has 0 saturated carbocycles. The van der Waals surface area contributed by atoms with Crippen LogP contribution in [0.3, 0.4) is 0 Å². The van der Waals surface area contributed by atoms with Crippen molar-refractivity contribution in [2.24, 2.45) is 0 Å². The van der Waals surface area contributed by atoms with Crippen LogP contribution in [0.5, 0.6) is 11.5 Å². The molecule has 1 aliphatic carbocycles. The summed E-state index contributed by atoms with van der Waals surface area (Å²) in [5, 5.41) is 0. The van der Waals surface area contributed by atoms with Crippen LogP contribution in [0.2, 0.25) is 0 Å². The largest absolute Gasteiger partial charge is 0.493 e. The molecule has 1 heterocycles. The molecule has 0 saturated heterocycles. The summed E-state index contributed by atoms with van der Waals surface area (Å²) < 4.78 is 24.3. The number of hydrogen-bond donors (Lipinski definition) is 0. The van der Waals surface area contributed by atoms with Gasteiger partial charge in [-0.1, -0.05) is 0 Å². The van der Waals surface area contributed by atoms with Crippen LogP contribution in [-0.4, -0.2) is 20.0 Å². The molecule has 0 spiro atoms. The number of carbonyl (C=O) groups is 1. The molecule has 0 amide bonds. The lowest BCUT2D eigenvalue weighted by Gasteiger charge is -2.09. The highest BCUT2D eigenvalue weighted by atomic mass is 32.1. The van der Waals surface area contributed by atoms with Crippen LogP contribution < -0.4 is 9.47 Å². The molecule has 0 aliphatic heterocycles. The lowest BCUT2D eigenvalue weighted by atomic mass is 10.1. The summed E-state index contributed by atoms with van der Waals surface area (Å²) in [5.74, 6) is -0.259. The number of benzene rings is 1. The van der Waals surface area contributed by atoms with E-state index in [9.17, 15) is 9.18 Å². The number of hydrogen-bond acceptors (Lipinski definition) is 4.